The van der Waals surface area contributed by atoms with Crippen LogP contribution in [-0.2, 0) is 6.54 Å². The minimum Gasteiger partial charge on any atom is -1.00 e. The highest BCUT2D eigenvalue weighted by atomic mass is 79.9. The summed E-state index contributed by atoms with van der Waals surface area (Å²) in [7, 11) is 0. The number of benzene rings is 3. The predicted molar refractivity (Wildman–Crippen MR) is 100 cm³/mol. The van der Waals surface area contributed by atoms with Crippen LogP contribution in [0.15, 0.2) is 75.7 Å². The van der Waals surface area contributed by atoms with E-state index in [1.165, 1.54) is 10.9 Å². The maximum Gasteiger partial charge on any atom is 0.240 e. The number of hydrogen-bond donors (Lipinski definition) is 0. The quantitative estimate of drug-likeness (QED) is 0.329. The fraction of sp³-hybridized carbons (Fsp3) is 0.0526. The fourth-order valence-corrected chi connectivity index (χ4v) is 3.54. The molecule has 0 aliphatic carbocycles. The van der Waals surface area contributed by atoms with Crippen LogP contribution in [0.5, 0.6) is 0 Å². The molecule has 1 heterocycles. The minimum absolute atomic E-state index is 0. The van der Waals surface area contributed by atoms with E-state index in [4.69, 9.17) is 5.10 Å². The van der Waals surface area contributed by atoms with Crippen LogP contribution in [0.2, 0.25) is 0 Å². The fourth-order valence-electron chi connectivity index (χ4n) is 2.82. The summed E-state index contributed by atoms with van der Waals surface area (Å²) < 4.78 is 4.21. The average Bonchev–Trinajstić information content (AvgIpc) is 2.56. The van der Waals surface area contributed by atoms with Gasteiger partial charge in [0.1, 0.15) is 5.52 Å². The topological polar surface area (TPSA) is 16.8 Å². The molecule has 4 aromatic rings. The third-order valence-electron chi connectivity index (χ3n) is 3.89. The Morgan fingerprint density at radius 2 is 1.46 bits per heavy atom. The van der Waals surface area contributed by atoms with Crippen LogP contribution in [0.4, 0.5) is 0 Å². The number of hydrogen-bond acceptors (Lipinski definition) is 1. The van der Waals surface area contributed by atoms with Crippen LogP contribution >= 0.6 is 31.9 Å². The molecule has 1 aromatic heterocycles. The molecule has 0 atom stereocenters. The van der Waals surface area contributed by atoms with Crippen LogP contribution in [-0.4, -0.2) is 5.10 Å². The summed E-state index contributed by atoms with van der Waals surface area (Å²) in [6, 6.07) is 23.0. The zero-order valence-electron chi connectivity index (χ0n) is 12.6. The molecule has 0 aliphatic rings. The molecule has 0 fully saturated rings. The van der Waals surface area contributed by atoms with Gasteiger partial charge < -0.3 is 12.4 Å². The Balaban J connectivity index is 0.00000169. The van der Waals surface area contributed by atoms with Crippen LogP contribution in [0.3, 0.4) is 0 Å². The Morgan fingerprint density at radius 1 is 0.792 bits per heavy atom. The van der Waals surface area contributed by atoms with E-state index in [1.807, 2.05) is 12.1 Å². The van der Waals surface area contributed by atoms with Crippen molar-refractivity contribution in [1.82, 2.24) is 5.10 Å². The number of fused-ring (bicyclic) bond motifs is 3. The maximum absolute atomic E-state index is 4.85. The lowest BCUT2D eigenvalue weighted by molar-refractivity contribution is -0.719. The molecular weight excluding hydrogens is 451 g/mol. The van der Waals surface area contributed by atoms with Crippen molar-refractivity contribution in [1.29, 1.82) is 0 Å². The van der Waals surface area contributed by atoms with Gasteiger partial charge in [-0.05, 0) is 30.3 Å². The van der Waals surface area contributed by atoms with Crippen molar-refractivity contribution in [2.75, 3.05) is 0 Å². The minimum atomic E-state index is 0. The number of aromatic nitrogens is 2. The van der Waals surface area contributed by atoms with Crippen LogP contribution < -0.4 is 17.1 Å². The maximum atomic E-state index is 4.85. The van der Waals surface area contributed by atoms with Crippen LogP contribution in [0.1, 0.15) is 5.56 Å². The second kappa shape index (κ2) is 7.18. The molecule has 0 aliphatic heterocycles. The molecular formula is C19H13Br2ClN2. The Labute approximate surface area is 163 Å². The van der Waals surface area contributed by atoms with Gasteiger partial charge >= 0.3 is 0 Å². The molecule has 0 radical (unpaired) electrons. The highest BCUT2D eigenvalue weighted by Crippen LogP contribution is 2.27. The van der Waals surface area contributed by atoms with E-state index in [2.05, 4.69) is 91.1 Å². The second-order valence-electron chi connectivity index (χ2n) is 5.47. The lowest BCUT2D eigenvalue weighted by atomic mass is 10.1. The summed E-state index contributed by atoms with van der Waals surface area (Å²) in [6.45, 7) is 0.755. The van der Waals surface area contributed by atoms with E-state index in [-0.39, 0.29) is 12.4 Å². The predicted octanol–water partition coefficient (Wildman–Crippen LogP) is 2.25. The van der Waals surface area contributed by atoms with E-state index in [9.17, 15) is 0 Å². The van der Waals surface area contributed by atoms with E-state index >= 15 is 0 Å². The standard InChI is InChI=1S/C19H13Br2N2.ClH/c20-14-6-8-18-16(10-14)17-11-15(21)7-9-19(17)23(22-18)12-13-4-2-1-3-5-13;/h1-11H,12H2;1H/q+1;/p-1. The third kappa shape index (κ3) is 3.32. The van der Waals surface area contributed by atoms with Gasteiger partial charge in [-0.15, -0.1) is 0 Å². The van der Waals surface area contributed by atoms with Crippen LogP contribution in [0, 0.1) is 0 Å². The Hall–Kier alpha value is -1.49. The molecule has 5 heteroatoms. The van der Waals surface area contributed by atoms with Gasteiger partial charge in [0.15, 0.2) is 6.54 Å². The summed E-state index contributed by atoms with van der Waals surface area (Å²) in [6.07, 6.45) is 0. The van der Waals surface area contributed by atoms with E-state index in [0.29, 0.717) is 0 Å². The van der Waals surface area contributed by atoms with Crippen molar-refractivity contribution in [3.05, 3.63) is 81.2 Å². The van der Waals surface area contributed by atoms with Crippen molar-refractivity contribution in [2.45, 2.75) is 6.54 Å². The highest BCUT2D eigenvalue weighted by molar-refractivity contribution is 9.10. The first kappa shape index (κ1) is 17.3. The summed E-state index contributed by atoms with van der Waals surface area (Å²) in [5.74, 6) is 0. The molecule has 0 saturated heterocycles. The zero-order chi connectivity index (χ0) is 15.8. The van der Waals surface area contributed by atoms with Gasteiger partial charge in [0.25, 0.3) is 0 Å². The molecule has 0 bridgehead atoms. The van der Waals surface area contributed by atoms with Gasteiger partial charge in [0, 0.05) is 31.1 Å². The largest absolute Gasteiger partial charge is 1.00 e. The van der Waals surface area contributed by atoms with Gasteiger partial charge in [0.2, 0.25) is 5.52 Å². The first-order valence-electron chi connectivity index (χ1n) is 7.33. The number of rotatable bonds is 2. The van der Waals surface area contributed by atoms with Crippen molar-refractivity contribution < 1.29 is 17.1 Å². The zero-order valence-corrected chi connectivity index (χ0v) is 16.5. The molecule has 2 nitrogen and oxygen atoms in total. The Morgan fingerprint density at radius 3 is 2.21 bits per heavy atom. The molecule has 3 aromatic carbocycles. The molecule has 4 rings (SSSR count). The summed E-state index contributed by atoms with van der Waals surface area (Å²) in [5, 5.41) is 7.20. The van der Waals surface area contributed by atoms with E-state index in [0.717, 1.165) is 31.9 Å². The van der Waals surface area contributed by atoms with Gasteiger partial charge in [0.05, 0.1) is 5.39 Å². The lowest BCUT2D eigenvalue weighted by Crippen LogP contribution is -3.00. The molecule has 0 amide bonds. The smallest absolute Gasteiger partial charge is 0.240 e. The van der Waals surface area contributed by atoms with Crippen molar-refractivity contribution in [3.63, 3.8) is 0 Å². The van der Waals surface area contributed by atoms with Gasteiger partial charge in [-0.25, -0.2) is 0 Å². The molecule has 0 saturated carbocycles. The lowest BCUT2D eigenvalue weighted by Gasteiger charge is -2.05. The first-order valence-corrected chi connectivity index (χ1v) is 8.92. The Bertz CT molecular complexity index is 1020. The summed E-state index contributed by atoms with van der Waals surface area (Å²) >= 11 is 7.15. The average molecular weight is 465 g/mol. The SMILES string of the molecule is Brc1ccc2n[n+](Cc3ccccc3)c3ccc(Br)cc3c2c1.[Cl-]. The van der Waals surface area contributed by atoms with Crippen molar-refractivity contribution >= 4 is 53.7 Å². The highest BCUT2D eigenvalue weighted by Gasteiger charge is 2.16. The van der Waals surface area contributed by atoms with Gasteiger partial charge in [-0.2, -0.15) is 0 Å². The summed E-state index contributed by atoms with van der Waals surface area (Å²) in [5.41, 5.74) is 3.36. The Kier molecular flexibility index (Phi) is 5.18. The first-order chi connectivity index (χ1) is 11.2. The summed E-state index contributed by atoms with van der Waals surface area (Å²) in [4.78, 5) is 0. The van der Waals surface area contributed by atoms with Crippen molar-refractivity contribution in [2.24, 2.45) is 0 Å². The molecule has 120 valence electrons. The molecule has 0 spiro atoms. The number of halogens is 3. The van der Waals surface area contributed by atoms with Crippen molar-refractivity contribution in [3.8, 4) is 0 Å². The molecule has 0 unspecified atom stereocenters. The number of nitrogens with zero attached hydrogens (tertiary/aromatic N) is 2. The second-order valence-corrected chi connectivity index (χ2v) is 7.30. The van der Waals surface area contributed by atoms with E-state index in [1.54, 1.807) is 0 Å². The van der Waals surface area contributed by atoms with Gasteiger partial charge in [-0.1, -0.05) is 66.9 Å². The monoisotopic (exact) mass is 462 g/mol. The normalized spacial score (nSPS) is 10.8. The molecule has 24 heavy (non-hydrogen) atoms. The molecule has 0 N–H and O–H groups in total. The van der Waals surface area contributed by atoms with Gasteiger partial charge in [-0.3, -0.25) is 0 Å². The van der Waals surface area contributed by atoms with Crippen LogP contribution in [0.25, 0.3) is 21.8 Å². The third-order valence-corrected chi connectivity index (χ3v) is 4.88. The van der Waals surface area contributed by atoms with E-state index < -0.39 is 0 Å².